The Kier molecular flexibility index (Phi) is 5.58. The number of halogens is 3. The third kappa shape index (κ3) is 4.26. The average molecular weight is 390 g/mol. The van der Waals surface area contributed by atoms with Gasteiger partial charge >= 0.3 is 6.18 Å². The highest BCUT2D eigenvalue weighted by Gasteiger charge is 2.34. The van der Waals surface area contributed by atoms with Crippen molar-refractivity contribution in [3.63, 3.8) is 0 Å². The quantitative estimate of drug-likeness (QED) is 0.677. The molecule has 0 saturated carbocycles. The number of benzene rings is 2. The summed E-state index contributed by atoms with van der Waals surface area (Å²) < 4.78 is 39.9. The summed E-state index contributed by atoms with van der Waals surface area (Å²) in [7, 11) is 1.73. The highest BCUT2D eigenvalue weighted by atomic mass is 19.4. The van der Waals surface area contributed by atoms with Crippen molar-refractivity contribution in [2.75, 3.05) is 13.6 Å². The van der Waals surface area contributed by atoms with Crippen LogP contribution >= 0.6 is 0 Å². The standard InChI is InChI=1S/C21H21F3N2O2/c1-13-6-5-8-15-16(10-19(21(22,23)24)25-20(13)15)18(28)12-26(2)11-14-7-3-4-9-17(14)27/h3-10,18,27-28H,11-12H2,1-2H3. The molecule has 1 aromatic heterocycles. The summed E-state index contributed by atoms with van der Waals surface area (Å²) in [5.41, 5.74) is 0.676. The summed E-state index contributed by atoms with van der Waals surface area (Å²) in [5.74, 6) is 0.133. The van der Waals surface area contributed by atoms with Gasteiger partial charge in [-0.2, -0.15) is 13.2 Å². The lowest BCUT2D eigenvalue weighted by Gasteiger charge is -2.23. The first-order chi connectivity index (χ1) is 13.2. The van der Waals surface area contributed by atoms with Gasteiger partial charge in [-0.15, -0.1) is 0 Å². The highest BCUT2D eigenvalue weighted by Crippen LogP contribution is 2.34. The third-order valence-corrected chi connectivity index (χ3v) is 4.64. The maximum Gasteiger partial charge on any atom is 0.433 e. The van der Waals surface area contributed by atoms with E-state index < -0.39 is 18.0 Å². The van der Waals surface area contributed by atoms with Gasteiger partial charge in [-0.05, 0) is 37.2 Å². The van der Waals surface area contributed by atoms with E-state index in [9.17, 15) is 23.4 Å². The number of aliphatic hydroxyl groups excluding tert-OH is 1. The van der Waals surface area contributed by atoms with E-state index in [1.54, 1.807) is 61.3 Å². The van der Waals surface area contributed by atoms with Gasteiger partial charge in [0.05, 0.1) is 11.6 Å². The predicted octanol–water partition coefficient (Wildman–Crippen LogP) is 4.43. The van der Waals surface area contributed by atoms with Crippen LogP contribution in [0.2, 0.25) is 0 Å². The maximum atomic E-state index is 13.3. The lowest BCUT2D eigenvalue weighted by Crippen LogP contribution is -2.25. The van der Waals surface area contributed by atoms with Crippen molar-refractivity contribution >= 4 is 10.9 Å². The number of pyridine rings is 1. The first-order valence-electron chi connectivity index (χ1n) is 8.77. The van der Waals surface area contributed by atoms with Crippen LogP contribution in [0.5, 0.6) is 5.75 Å². The number of para-hydroxylation sites is 2. The summed E-state index contributed by atoms with van der Waals surface area (Å²) in [4.78, 5) is 5.51. The van der Waals surface area contributed by atoms with Crippen molar-refractivity contribution in [2.45, 2.75) is 25.7 Å². The fourth-order valence-corrected chi connectivity index (χ4v) is 3.23. The molecule has 28 heavy (non-hydrogen) atoms. The monoisotopic (exact) mass is 390 g/mol. The largest absolute Gasteiger partial charge is 0.508 e. The fraction of sp³-hybridized carbons (Fsp3) is 0.286. The molecule has 0 bridgehead atoms. The molecule has 0 spiro atoms. The minimum atomic E-state index is -4.60. The molecule has 1 atom stereocenters. The summed E-state index contributed by atoms with van der Waals surface area (Å²) in [6.45, 7) is 2.13. The molecule has 0 amide bonds. The molecule has 0 saturated heterocycles. The Morgan fingerprint density at radius 1 is 1.11 bits per heavy atom. The molecule has 1 unspecified atom stereocenters. The van der Waals surface area contributed by atoms with Crippen LogP contribution < -0.4 is 0 Å². The molecule has 0 aliphatic rings. The lowest BCUT2D eigenvalue weighted by atomic mass is 10.00. The second-order valence-electron chi connectivity index (χ2n) is 6.91. The van der Waals surface area contributed by atoms with Crippen molar-refractivity contribution in [1.82, 2.24) is 9.88 Å². The minimum absolute atomic E-state index is 0.0959. The smallest absolute Gasteiger partial charge is 0.433 e. The molecule has 2 N–H and O–H groups in total. The first-order valence-corrected chi connectivity index (χ1v) is 8.77. The van der Waals surface area contributed by atoms with Crippen LogP contribution in [0.25, 0.3) is 10.9 Å². The molecule has 1 heterocycles. The Morgan fingerprint density at radius 3 is 2.50 bits per heavy atom. The van der Waals surface area contributed by atoms with E-state index >= 15 is 0 Å². The SMILES string of the molecule is Cc1cccc2c(C(O)CN(C)Cc3ccccc3O)cc(C(F)(F)F)nc12. The molecule has 148 valence electrons. The van der Waals surface area contributed by atoms with Crippen molar-refractivity contribution in [3.8, 4) is 5.75 Å². The van der Waals surface area contributed by atoms with Gasteiger partial charge in [-0.3, -0.25) is 4.90 Å². The molecule has 3 rings (SSSR count). The zero-order chi connectivity index (χ0) is 20.5. The molecule has 0 aliphatic carbocycles. The zero-order valence-electron chi connectivity index (χ0n) is 15.5. The number of phenols is 1. The van der Waals surface area contributed by atoms with Gasteiger partial charge in [0.1, 0.15) is 11.4 Å². The number of hydrogen-bond donors (Lipinski definition) is 2. The molecule has 3 aromatic rings. The molecule has 4 nitrogen and oxygen atoms in total. The zero-order valence-corrected chi connectivity index (χ0v) is 15.5. The van der Waals surface area contributed by atoms with E-state index in [4.69, 9.17) is 0 Å². The van der Waals surface area contributed by atoms with Crippen molar-refractivity contribution in [1.29, 1.82) is 0 Å². The van der Waals surface area contributed by atoms with Crippen molar-refractivity contribution < 1.29 is 23.4 Å². The Morgan fingerprint density at radius 2 is 1.82 bits per heavy atom. The summed E-state index contributed by atoms with van der Waals surface area (Å²) >= 11 is 0. The van der Waals surface area contributed by atoms with E-state index in [0.717, 1.165) is 6.07 Å². The second-order valence-corrected chi connectivity index (χ2v) is 6.91. The van der Waals surface area contributed by atoms with Crippen LogP contribution in [0.15, 0.2) is 48.5 Å². The Labute approximate surface area is 160 Å². The number of aromatic nitrogens is 1. The summed E-state index contributed by atoms with van der Waals surface area (Å²) in [6.07, 6.45) is -5.75. The molecular weight excluding hydrogens is 369 g/mol. The van der Waals surface area contributed by atoms with Gasteiger partial charge < -0.3 is 10.2 Å². The number of phenolic OH excluding ortho intramolecular Hbond substituents is 1. The second kappa shape index (κ2) is 7.77. The number of aliphatic hydroxyl groups is 1. The number of fused-ring (bicyclic) bond motifs is 1. The number of alkyl halides is 3. The molecule has 0 fully saturated rings. The van der Waals surface area contributed by atoms with Crippen LogP contribution in [0.3, 0.4) is 0 Å². The Bertz CT molecular complexity index is 989. The van der Waals surface area contributed by atoms with Crippen LogP contribution in [0, 0.1) is 6.92 Å². The highest BCUT2D eigenvalue weighted by molar-refractivity contribution is 5.85. The predicted molar refractivity (Wildman–Crippen MR) is 101 cm³/mol. The van der Waals surface area contributed by atoms with E-state index in [2.05, 4.69) is 4.98 Å². The van der Waals surface area contributed by atoms with E-state index in [1.165, 1.54) is 0 Å². The normalized spacial score (nSPS) is 13.2. The van der Waals surface area contributed by atoms with Gasteiger partial charge in [0, 0.05) is 24.0 Å². The number of aryl methyl sites for hydroxylation is 1. The van der Waals surface area contributed by atoms with Crippen molar-refractivity contribution in [2.24, 2.45) is 0 Å². The van der Waals surface area contributed by atoms with Crippen molar-refractivity contribution in [3.05, 3.63) is 70.9 Å². The summed E-state index contributed by atoms with van der Waals surface area (Å²) in [6, 6.07) is 12.8. The first kappa shape index (κ1) is 20.1. The number of rotatable bonds is 5. The molecule has 0 aliphatic heterocycles. The van der Waals surface area contributed by atoms with Gasteiger partial charge in [0.15, 0.2) is 0 Å². The van der Waals surface area contributed by atoms with Gasteiger partial charge in [-0.25, -0.2) is 4.98 Å². The molecule has 2 aromatic carbocycles. The number of likely N-dealkylation sites (N-methyl/N-ethyl adjacent to an activating group) is 1. The Balaban J connectivity index is 1.93. The van der Waals surface area contributed by atoms with E-state index in [0.29, 0.717) is 23.1 Å². The van der Waals surface area contributed by atoms with E-state index in [-0.39, 0.29) is 23.4 Å². The topological polar surface area (TPSA) is 56.6 Å². The minimum Gasteiger partial charge on any atom is -0.508 e. The maximum absolute atomic E-state index is 13.3. The molecule has 0 radical (unpaired) electrons. The van der Waals surface area contributed by atoms with Crippen LogP contribution in [0.1, 0.15) is 28.5 Å². The number of aromatic hydroxyl groups is 1. The molecular formula is C21H21F3N2O2. The van der Waals surface area contributed by atoms with Gasteiger partial charge in [-0.1, -0.05) is 36.4 Å². The van der Waals surface area contributed by atoms with Crippen LogP contribution in [-0.4, -0.2) is 33.7 Å². The number of hydrogen-bond acceptors (Lipinski definition) is 4. The Hall–Kier alpha value is -2.64. The lowest BCUT2D eigenvalue weighted by molar-refractivity contribution is -0.141. The van der Waals surface area contributed by atoms with Gasteiger partial charge in [0.2, 0.25) is 0 Å². The fourth-order valence-electron chi connectivity index (χ4n) is 3.23. The summed E-state index contributed by atoms with van der Waals surface area (Å²) in [5, 5.41) is 21.1. The third-order valence-electron chi connectivity index (χ3n) is 4.64. The van der Waals surface area contributed by atoms with Crippen LogP contribution in [0.4, 0.5) is 13.2 Å². The van der Waals surface area contributed by atoms with Crippen LogP contribution in [-0.2, 0) is 12.7 Å². The average Bonchev–Trinajstić information content (AvgIpc) is 2.62. The van der Waals surface area contributed by atoms with E-state index in [1.807, 2.05) is 0 Å². The van der Waals surface area contributed by atoms with Gasteiger partial charge in [0.25, 0.3) is 0 Å². The molecule has 7 heteroatoms. The number of nitrogens with zero attached hydrogens (tertiary/aromatic N) is 2.